The molecule has 0 aliphatic rings. The van der Waals surface area contributed by atoms with E-state index in [1.165, 1.54) is 70.6 Å². The molecule has 0 radical (unpaired) electrons. The van der Waals surface area contributed by atoms with Gasteiger partial charge in [0.1, 0.15) is 0 Å². The second kappa shape index (κ2) is 10.6. The lowest BCUT2D eigenvalue weighted by atomic mass is 9.95. The molecule has 0 heterocycles. The summed E-state index contributed by atoms with van der Waals surface area (Å²) in [6.45, 7) is 6.45. The first kappa shape index (κ1) is 24.6. The van der Waals surface area contributed by atoms with Crippen molar-refractivity contribution in [2.75, 3.05) is 0 Å². The summed E-state index contributed by atoms with van der Waals surface area (Å²) in [6.07, 6.45) is 0. The lowest BCUT2D eigenvalue weighted by Gasteiger charge is -2.09. The molecule has 0 aliphatic heterocycles. The molecule has 0 saturated heterocycles. The zero-order chi connectivity index (χ0) is 26.8. The Morgan fingerprint density at radius 2 is 0.590 bits per heavy atom. The summed E-state index contributed by atoms with van der Waals surface area (Å²) in [5.74, 6) is 0. The predicted molar refractivity (Wildman–Crippen MR) is 172 cm³/mol. The van der Waals surface area contributed by atoms with Gasteiger partial charge in [-0.1, -0.05) is 140 Å². The fraction of sp³-hybridized carbons (Fsp3) is 0.0769. The number of aryl methyl sites for hydroxylation is 3. The van der Waals surface area contributed by atoms with Gasteiger partial charge in [-0.2, -0.15) is 0 Å². The number of fused-ring (bicyclic) bond motifs is 2. The molecule has 0 bridgehead atoms. The number of hydrogen-bond acceptors (Lipinski definition) is 0. The molecule has 39 heavy (non-hydrogen) atoms. The van der Waals surface area contributed by atoms with Gasteiger partial charge in [0, 0.05) is 0 Å². The van der Waals surface area contributed by atoms with Crippen molar-refractivity contribution in [3.63, 3.8) is 0 Å². The number of rotatable bonds is 0. The highest BCUT2D eigenvalue weighted by atomic mass is 14.1. The van der Waals surface area contributed by atoms with Crippen molar-refractivity contribution in [1.82, 2.24) is 0 Å². The maximum absolute atomic E-state index is 2.21. The Labute approximate surface area is 230 Å². The van der Waals surface area contributed by atoms with Crippen LogP contribution in [0.15, 0.2) is 140 Å². The van der Waals surface area contributed by atoms with Gasteiger partial charge < -0.3 is 0 Å². The van der Waals surface area contributed by atoms with Crippen LogP contribution in [0, 0.1) is 20.8 Å². The summed E-state index contributed by atoms with van der Waals surface area (Å²) in [5, 5.41) is 13.6. The molecule has 0 spiro atoms. The Balaban J connectivity index is 0.000000109. The number of hydrogen-bond donors (Lipinski definition) is 0. The monoisotopic (exact) mass is 500 g/mol. The highest BCUT2D eigenvalue weighted by Gasteiger charge is 2.06. The molecule has 0 unspecified atom stereocenters. The molecule has 0 N–H and O–H groups in total. The average molecular weight is 501 g/mol. The maximum atomic E-state index is 2.21. The third-order valence-electron chi connectivity index (χ3n) is 7.76. The second-order valence-corrected chi connectivity index (χ2v) is 10.3. The van der Waals surface area contributed by atoms with Crippen LogP contribution in [0.25, 0.3) is 53.9 Å². The van der Waals surface area contributed by atoms with Crippen molar-refractivity contribution < 1.29 is 0 Å². The van der Waals surface area contributed by atoms with E-state index in [1.54, 1.807) is 0 Å². The zero-order valence-electron chi connectivity index (χ0n) is 22.8. The second-order valence-electron chi connectivity index (χ2n) is 10.3. The molecule has 0 aromatic heterocycles. The molecule has 8 aromatic rings. The summed E-state index contributed by atoms with van der Waals surface area (Å²) < 4.78 is 0. The summed E-state index contributed by atoms with van der Waals surface area (Å²) in [7, 11) is 0. The lowest BCUT2D eigenvalue weighted by Crippen LogP contribution is -1.82. The first-order valence-electron chi connectivity index (χ1n) is 13.6. The van der Waals surface area contributed by atoms with E-state index < -0.39 is 0 Å². The smallest absolute Gasteiger partial charge is 0.00268 e. The molecule has 0 heteroatoms. The van der Waals surface area contributed by atoms with E-state index in [4.69, 9.17) is 0 Å². The van der Waals surface area contributed by atoms with Crippen LogP contribution in [-0.2, 0) is 0 Å². The van der Waals surface area contributed by atoms with Crippen LogP contribution >= 0.6 is 0 Å². The molecule has 188 valence electrons. The predicted octanol–water partition coefficient (Wildman–Crippen LogP) is 11.2. The Bertz CT molecular complexity index is 1870. The lowest BCUT2D eigenvalue weighted by molar-refractivity contribution is 1.46. The van der Waals surface area contributed by atoms with Crippen molar-refractivity contribution in [2.45, 2.75) is 20.8 Å². The molecule has 8 aromatic carbocycles. The summed E-state index contributed by atoms with van der Waals surface area (Å²) in [4.78, 5) is 0. The van der Waals surface area contributed by atoms with Crippen LogP contribution in [0.5, 0.6) is 0 Å². The van der Waals surface area contributed by atoms with Crippen LogP contribution < -0.4 is 0 Å². The maximum Gasteiger partial charge on any atom is -0.00268 e. The molecule has 0 nitrogen and oxygen atoms in total. The Hall–Kier alpha value is -4.68. The van der Waals surface area contributed by atoms with Crippen LogP contribution in [0.2, 0.25) is 0 Å². The van der Waals surface area contributed by atoms with E-state index in [-0.39, 0.29) is 0 Å². The minimum Gasteiger partial charge on any atom is -0.0616 e. The van der Waals surface area contributed by atoms with Gasteiger partial charge in [0.05, 0.1) is 0 Å². The van der Waals surface area contributed by atoms with E-state index in [0.717, 1.165) is 0 Å². The summed E-state index contributed by atoms with van der Waals surface area (Å²) in [5.41, 5.74) is 4.07. The molecule has 0 saturated carbocycles. The van der Waals surface area contributed by atoms with Crippen molar-refractivity contribution in [3.05, 3.63) is 156 Å². The molecule has 0 fully saturated rings. The fourth-order valence-corrected chi connectivity index (χ4v) is 5.66. The third-order valence-corrected chi connectivity index (χ3v) is 7.76. The van der Waals surface area contributed by atoms with Gasteiger partial charge in [-0.3, -0.25) is 0 Å². The molecule has 8 rings (SSSR count). The van der Waals surface area contributed by atoms with Crippen LogP contribution in [-0.4, -0.2) is 0 Å². The van der Waals surface area contributed by atoms with Crippen molar-refractivity contribution in [2.24, 2.45) is 0 Å². The highest BCUT2D eigenvalue weighted by Crippen LogP contribution is 2.33. The van der Waals surface area contributed by atoms with Gasteiger partial charge in [-0.15, -0.1) is 0 Å². The van der Waals surface area contributed by atoms with Gasteiger partial charge >= 0.3 is 0 Å². The molecule has 0 aliphatic carbocycles. The normalized spacial score (nSPS) is 10.9. The van der Waals surface area contributed by atoms with E-state index in [1.807, 2.05) is 0 Å². The Kier molecular flexibility index (Phi) is 6.69. The molecule has 0 amide bonds. The molecular weight excluding hydrogens is 468 g/mol. The Morgan fingerprint density at radius 3 is 1.05 bits per heavy atom. The van der Waals surface area contributed by atoms with Crippen molar-refractivity contribution in [1.29, 1.82) is 0 Å². The summed E-state index contributed by atoms with van der Waals surface area (Å²) >= 11 is 0. The zero-order valence-corrected chi connectivity index (χ0v) is 22.8. The minimum atomic E-state index is 1.33. The first-order valence-corrected chi connectivity index (χ1v) is 13.6. The quantitative estimate of drug-likeness (QED) is 0.182. The average Bonchev–Trinajstić information content (AvgIpc) is 2.99. The standard InChI is InChI=1S/C16H10.C12H12.C11H10/c1-3-11-7-9-13-5-2-6-14-10-8-12(4-1)15(11)16(13)14;1-9-7-8-10(2)12-6-4-3-5-11(9)12;1-9-5-4-7-10-6-2-3-8-11(9)10/h1-10H;3-8H,1-2H3;2-8H,1H3. The third kappa shape index (κ3) is 4.82. The van der Waals surface area contributed by atoms with E-state index in [0.29, 0.717) is 0 Å². The van der Waals surface area contributed by atoms with Gasteiger partial charge in [-0.05, 0) is 91.3 Å². The topological polar surface area (TPSA) is 0 Å². The van der Waals surface area contributed by atoms with Crippen LogP contribution in [0.4, 0.5) is 0 Å². The SMILES string of the molecule is Cc1ccc(C)c2ccccc12.Cc1cccc2ccccc12.c1cc2ccc3cccc4ccc(c1)c2c34. The fourth-order valence-electron chi connectivity index (χ4n) is 5.66. The highest BCUT2D eigenvalue weighted by molar-refractivity contribution is 6.22. The molecular formula is C39H32. The minimum absolute atomic E-state index is 1.33. The molecule has 0 atom stereocenters. The first-order chi connectivity index (χ1) is 19.1. The van der Waals surface area contributed by atoms with E-state index in [9.17, 15) is 0 Å². The van der Waals surface area contributed by atoms with Gasteiger partial charge in [0.2, 0.25) is 0 Å². The van der Waals surface area contributed by atoms with Gasteiger partial charge in [-0.25, -0.2) is 0 Å². The summed E-state index contributed by atoms with van der Waals surface area (Å²) in [6, 6.07) is 49.6. The van der Waals surface area contributed by atoms with E-state index >= 15 is 0 Å². The largest absolute Gasteiger partial charge is 0.0616 e. The number of benzene rings is 8. The van der Waals surface area contributed by atoms with Crippen molar-refractivity contribution in [3.8, 4) is 0 Å². The van der Waals surface area contributed by atoms with Crippen LogP contribution in [0.3, 0.4) is 0 Å². The van der Waals surface area contributed by atoms with Gasteiger partial charge in [0.15, 0.2) is 0 Å². The Morgan fingerprint density at radius 1 is 0.256 bits per heavy atom. The van der Waals surface area contributed by atoms with Crippen molar-refractivity contribution >= 4 is 53.9 Å². The van der Waals surface area contributed by atoms with Crippen LogP contribution in [0.1, 0.15) is 16.7 Å². The van der Waals surface area contributed by atoms with Gasteiger partial charge in [0.25, 0.3) is 0 Å². The van der Waals surface area contributed by atoms with E-state index in [2.05, 4.69) is 160 Å².